The van der Waals surface area contributed by atoms with Gasteiger partial charge in [0.25, 0.3) is 0 Å². The second-order valence-electron chi connectivity index (χ2n) is 5.40. The first-order chi connectivity index (χ1) is 9.60. The number of hydrazine groups is 1. The highest BCUT2D eigenvalue weighted by Gasteiger charge is 2.15. The number of rotatable bonds is 5. The van der Waals surface area contributed by atoms with Crippen LogP contribution in [-0.4, -0.2) is 61.9 Å². The van der Waals surface area contributed by atoms with Gasteiger partial charge in [-0.1, -0.05) is 6.07 Å². The van der Waals surface area contributed by atoms with E-state index in [-0.39, 0.29) is 0 Å². The Morgan fingerprint density at radius 2 is 2.00 bits per heavy atom. The molecule has 1 saturated heterocycles. The number of hydrogen-bond donors (Lipinski definition) is 2. The van der Waals surface area contributed by atoms with Gasteiger partial charge >= 0.3 is 0 Å². The summed E-state index contributed by atoms with van der Waals surface area (Å²) >= 11 is 0. The molecular weight excluding hydrogens is 254 g/mol. The number of aliphatic hydroxyl groups is 1. The summed E-state index contributed by atoms with van der Waals surface area (Å²) in [6, 6.07) is 5.81. The maximum atomic E-state index is 10.3. The third-order valence-electron chi connectivity index (χ3n) is 3.82. The van der Waals surface area contributed by atoms with E-state index in [1.807, 2.05) is 25.1 Å². The van der Waals surface area contributed by atoms with Crippen LogP contribution >= 0.6 is 0 Å². The van der Waals surface area contributed by atoms with E-state index >= 15 is 0 Å². The molecule has 1 fully saturated rings. The van der Waals surface area contributed by atoms with Crippen molar-refractivity contribution in [2.45, 2.75) is 13.0 Å². The van der Waals surface area contributed by atoms with Gasteiger partial charge in [0.05, 0.1) is 13.2 Å². The Bertz CT molecular complexity index is 431. The van der Waals surface area contributed by atoms with Crippen LogP contribution < -0.4 is 10.2 Å². The molecule has 112 valence electrons. The lowest BCUT2D eigenvalue weighted by atomic mass is 10.1. The summed E-state index contributed by atoms with van der Waals surface area (Å²) in [5.74, 6) is 0.855. The first-order valence-electron chi connectivity index (χ1n) is 7.09. The topological polar surface area (TPSA) is 48.0 Å². The van der Waals surface area contributed by atoms with Gasteiger partial charge in [-0.05, 0) is 37.2 Å². The monoisotopic (exact) mass is 279 g/mol. The van der Waals surface area contributed by atoms with Crippen LogP contribution in [0.15, 0.2) is 18.2 Å². The molecule has 0 aliphatic carbocycles. The van der Waals surface area contributed by atoms with Gasteiger partial charge in [-0.2, -0.15) is 0 Å². The predicted molar refractivity (Wildman–Crippen MR) is 79.8 cm³/mol. The number of nitrogens with zero attached hydrogens (tertiary/aromatic N) is 2. The van der Waals surface area contributed by atoms with Gasteiger partial charge < -0.3 is 14.7 Å². The highest BCUT2D eigenvalue weighted by atomic mass is 16.5. The maximum absolute atomic E-state index is 10.3. The fourth-order valence-corrected chi connectivity index (χ4v) is 2.41. The fourth-order valence-electron chi connectivity index (χ4n) is 2.41. The van der Waals surface area contributed by atoms with Gasteiger partial charge in [0, 0.05) is 32.7 Å². The molecule has 0 saturated carbocycles. The summed E-state index contributed by atoms with van der Waals surface area (Å²) in [6.45, 7) is 6.63. The molecule has 1 aliphatic rings. The minimum Gasteiger partial charge on any atom is -0.496 e. The van der Waals surface area contributed by atoms with Gasteiger partial charge in [0.15, 0.2) is 0 Å². The highest BCUT2D eigenvalue weighted by Crippen LogP contribution is 2.22. The Morgan fingerprint density at radius 1 is 1.30 bits per heavy atom. The molecule has 20 heavy (non-hydrogen) atoms. The SMILES string of the molecule is COc1ccc(C(O)CNN2CCN(C)CC2)cc1C. The number of likely N-dealkylation sites (N-methyl/N-ethyl adjacent to an activating group) is 1. The number of methoxy groups -OCH3 is 1. The molecule has 2 N–H and O–H groups in total. The molecular formula is C15H25N3O2. The molecule has 0 radical (unpaired) electrons. The minimum absolute atomic E-state index is 0.501. The molecule has 1 aromatic rings. The Balaban J connectivity index is 1.85. The van der Waals surface area contributed by atoms with Crippen LogP contribution in [-0.2, 0) is 0 Å². The molecule has 1 unspecified atom stereocenters. The first-order valence-corrected chi connectivity index (χ1v) is 7.09. The van der Waals surface area contributed by atoms with E-state index in [4.69, 9.17) is 4.74 Å². The Hall–Kier alpha value is -1.14. The molecule has 0 bridgehead atoms. The second kappa shape index (κ2) is 7.04. The zero-order valence-electron chi connectivity index (χ0n) is 12.6. The van der Waals surface area contributed by atoms with E-state index in [1.165, 1.54) is 0 Å². The molecule has 0 spiro atoms. The molecule has 0 aromatic heterocycles. The molecule has 5 heteroatoms. The van der Waals surface area contributed by atoms with Crippen molar-refractivity contribution in [1.29, 1.82) is 0 Å². The largest absolute Gasteiger partial charge is 0.496 e. The third-order valence-corrected chi connectivity index (χ3v) is 3.82. The van der Waals surface area contributed by atoms with E-state index < -0.39 is 6.10 Å². The van der Waals surface area contributed by atoms with Crippen LogP contribution in [0.2, 0.25) is 0 Å². The number of piperazine rings is 1. The van der Waals surface area contributed by atoms with Gasteiger partial charge in [-0.15, -0.1) is 0 Å². The average molecular weight is 279 g/mol. The Kier molecular flexibility index (Phi) is 5.37. The molecule has 1 atom stereocenters. The second-order valence-corrected chi connectivity index (χ2v) is 5.40. The van der Waals surface area contributed by atoms with E-state index in [1.54, 1.807) is 7.11 Å². The Morgan fingerprint density at radius 3 is 2.60 bits per heavy atom. The zero-order chi connectivity index (χ0) is 14.5. The molecule has 2 rings (SSSR count). The summed E-state index contributed by atoms with van der Waals surface area (Å²) in [5, 5.41) is 12.4. The van der Waals surface area contributed by atoms with Crippen LogP contribution in [0.3, 0.4) is 0 Å². The molecule has 1 heterocycles. The number of aliphatic hydroxyl groups excluding tert-OH is 1. The fraction of sp³-hybridized carbons (Fsp3) is 0.600. The minimum atomic E-state index is -0.501. The predicted octanol–water partition coefficient (Wildman–Crippen LogP) is 0.789. The summed E-state index contributed by atoms with van der Waals surface area (Å²) in [4.78, 5) is 2.31. The third kappa shape index (κ3) is 3.93. The van der Waals surface area contributed by atoms with E-state index in [9.17, 15) is 5.11 Å². The molecule has 1 aliphatic heterocycles. The van der Waals surface area contributed by atoms with Gasteiger partial charge in [0.1, 0.15) is 5.75 Å². The van der Waals surface area contributed by atoms with Crippen LogP contribution in [0, 0.1) is 6.92 Å². The van der Waals surface area contributed by atoms with Crippen molar-refractivity contribution >= 4 is 0 Å². The van der Waals surface area contributed by atoms with Crippen molar-refractivity contribution < 1.29 is 9.84 Å². The van der Waals surface area contributed by atoms with Gasteiger partial charge in [-0.25, -0.2) is 5.01 Å². The van der Waals surface area contributed by atoms with Crippen molar-refractivity contribution in [3.8, 4) is 5.75 Å². The van der Waals surface area contributed by atoms with E-state index in [0.717, 1.165) is 43.1 Å². The molecule has 0 amide bonds. The lowest BCUT2D eigenvalue weighted by molar-refractivity contribution is 0.0743. The maximum Gasteiger partial charge on any atom is 0.121 e. The standard InChI is InChI=1S/C15H25N3O2/c1-12-10-13(4-5-15(12)20-3)14(19)11-16-18-8-6-17(2)7-9-18/h4-5,10,14,16,19H,6-9,11H2,1-3H3. The summed E-state index contributed by atoms with van der Waals surface area (Å²) in [5.41, 5.74) is 5.28. The van der Waals surface area contributed by atoms with Crippen molar-refractivity contribution in [2.75, 3.05) is 46.9 Å². The summed E-state index contributed by atoms with van der Waals surface area (Å²) in [6.07, 6.45) is -0.501. The lowest BCUT2D eigenvalue weighted by Gasteiger charge is -2.33. The highest BCUT2D eigenvalue weighted by molar-refractivity contribution is 5.37. The number of nitrogens with one attached hydrogen (secondary N) is 1. The van der Waals surface area contributed by atoms with Crippen LogP contribution in [0.4, 0.5) is 0 Å². The first kappa shape index (κ1) is 15.3. The lowest BCUT2D eigenvalue weighted by Crippen LogP contribution is -2.51. The van der Waals surface area contributed by atoms with Crippen LogP contribution in [0.1, 0.15) is 17.2 Å². The molecule has 5 nitrogen and oxygen atoms in total. The summed E-state index contributed by atoms with van der Waals surface area (Å²) < 4.78 is 5.23. The zero-order valence-corrected chi connectivity index (χ0v) is 12.6. The van der Waals surface area contributed by atoms with E-state index in [2.05, 4.69) is 22.4 Å². The van der Waals surface area contributed by atoms with Crippen molar-refractivity contribution in [2.24, 2.45) is 0 Å². The van der Waals surface area contributed by atoms with Crippen molar-refractivity contribution in [1.82, 2.24) is 15.3 Å². The average Bonchev–Trinajstić information content (AvgIpc) is 2.46. The number of benzene rings is 1. The number of ether oxygens (including phenoxy) is 1. The molecule has 1 aromatic carbocycles. The van der Waals surface area contributed by atoms with Crippen LogP contribution in [0.25, 0.3) is 0 Å². The quantitative estimate of drug-likeness (QED) is 0.834. The number of aryl methyl sites for hydroxylation is 1. The Labute approximate surface area is 121 Å². The van der Waals surface area contributed by atoms with Gasteiger partial charge in [-0.3, -0.25) is 5.43 Å². The van der Waals surface area contributed by atoms with Crippen molar-refractivity contribution in [3.05, 3.63) is 29.3 Å². The van der Waals surface area contributed by atoms with E-state index in [0.29, 0.717) is 6.54 Å². The van der Waals surface area contributed by atoms with Crippen molar-refractivity contribution in [3.63, 3.8) is 0 Å². The normalized spacial score (nSPS) is 19.0. The summed E-state index contributed by atoms with van der Waals surface area (Å²) in [7, 11) is 3.79. The number of hydrogen-bond acceptors (Lipinski definition) is 5. The smallest absolute Gasteiger partial charge is 0.121 e. The van der Waals surface area contributed by atoms with Gasteiger partial charge in [0.2, 0.25) is 0 Å². The van der Waals surface area contributed by atoms with Crippen LogP contribution in [0.5, 0.6) is 5.75 Å².